The number of ether oxygens (including phenoxy) is 1. The van der Waals surface area contributed by atoms with Crippen molar-refractivity contribution in [3.05, 3.63) is 55.7 Å². The number of nitrogens with two attached hydrogens (primary N) is 1. The first-order valence-electron chi connectivity index (χ1n) is 8.76. The third-order valence-corrected chi connectivity index (χ3v) is 5.15. The van der Waals surface area contributed by atoms with E-state index in [1.807, 2.05) is 39.0 Å². The van der Waals surface area contributed by atoms with Crippen molar-refractivity contribution in [2.24, 2.45) is 0 Å². The summed E-state index contributed by atoms with van der Waals surface area (Å²) >= 11 is 1.31. The third kappa shape index (κ3) is 5.13. The number of nitrogen functional groups attached to an aromatic ring is 1. The number of nitrogens with one attached hydrogen (secondary N) is 1. The van der Waals surface area contributed by atoms with E-state index < -0.39 is 29.6 Å². The third-order valence-electron chi connectivity index (χ3n) is 4.02. The summed E-state index contributed by atoms with van der Waals surface area (Å²) in [7, 11) is 0. The lowest BCUT2D eigenvalue weighted by atomic mass is 10.2. The number of carbonyl (C=O) groups excluding carboxylic acids is 2. The van der Waals surface area contributed by atoms with Crippen LogP contribution in [0, 0.1) is 13.8 Å². The van der Waals surface area contributed by atoms with Gasteiger partial charge in [-0.25, -0.2) is 4.79 Å². The van der Waals surface area contributed by atoms with Gasteiger partial charge in [0.2, 0.25) is 5.78 Å². The summed E-state index contributed by atoms with van der Waals surface area (Å²) in [5.74, 6) is -1.54. The maximum absolute atomic E-state index is 12.3. The molecule has 0 saturated carbocycles. The minimum atomic E-state index is -0.888. The Kier molecular flexibility index (Phi) is 7.22. The fraction of sp³-hybridized carbons (Fsp3) is 0.368. The summed E-state index contributed by atoms with van der Waals surface area (Å²) in [6, 6.07) is 5.92. The van der Waals surface area contributed by atoms with Crippen molar-refractivity contribution in [2.75, 3.05) is 18.1 Å². The summed E-state index contributed by atoms with van der Waals surface area (Å²) in [6.07, 6.45) is 0.592. The van der Waals surface area contributed by atoms with Gasteiger partial charge in [0.25, 0.3) is 5.56 Å². The van der Waals surface area contributed by atoms with E-state index >= 15 is 0 Å². The van der Waals surface area contributed by atoms with Gasteiger partial charge in [0.1, 0.15) is 11.4 Å². The molecule has 0 saturated heterocycles. The van der Waals surface area contributed by atoms with Crippen molar-refractivity contribution >= 4 is 29.3 Å². The molecule has 0 aliphatic carbocycles. The molecule has 8 nitrogen and oxygen atoms in total. The van der Waals surface area contributed by atoms with Gasteiger partial charge in [-0.1, -0.05) is 24.6 Å². The lowest BCUT2D eigenvalue weighted by Crippen LogP contribution is -2.37. The molecule has 0 spiro atoms. The zero-order valence-corrected chi connectivity index (χ0v) is 16.9. The van der Waals surface area contributed by atoms with Crippen LogP contribution in [0.5, 0.6) is 0 Å². The molecule has 0 atom stereocenters. The van der Waals surface area contributed by atoms with Crippen LogP contribution in [0.15, 0.2) is 32.7 Å². The summed E-state index contributed by atoms with van der Waals surface area (Å²) in [6.45, 7) is 5.36. The Morgan fingerprint density at radius 2 is 1.96 bits per heavy atom. The Bertz CT molecular complexity index is 1010. The highest BCUT2D eigenvalue weighted by Crippen LogP contribution is 2.23. The van der Waals surface area contributed by atoms with Crippen LogP contribution in [0.3, 0.4) is 0 Å². The van der Waals surface area contributed by atoms with Crippen LogP contribution in [0.1, 0.15) is 34.8 Å². The van der Waals surface area contributed by atoms with Crippen molar-refractivity contribution in [3.63, 3.8) is 0 Å². The van der Waals surface area contributed by atoms with Gasteiger partial charge < -0.3 is 10.5 Å². The van der Waals surface area contributed by atoms with Gasteiger partial charge in [-0.05, 0) is 31.9 Å². The molecule has 1 heterocycles. The van der Waals surface area contributed by atoms with E-state index in [4.69, 9.17) is 10.5 Å². The smallest absolute Gasteiger partial charge is 0.329 e. The summed E-state index contributed by atoms with van der Waals surface area (Å²) in [4.78, 5) is 51.1. The van der Waals surface area contributed by atoms with Gasteiger partial charge in [0.05, 0.1) is 5.75 Å². The Balaban J connectivity index is 2.03. The second kappa shape index (κ2) is 9.41. The molecule has 150 valence electrons. The van der Waals surface area contributed by atoms with Crippen LogP contribution in [0.25, 0.3) is 0 Å². The average Bonchev–Trinajstić information content (AvgIpc) is 2.64. The number of nitrogens with zero attached hydrogens (tertiary/aromatic N) is 1. The number of aromatic amines is 1. The highest BCUT2D eigenvalue weighted by Gasteiger charge is 2.20. The maximum Gasteiger partial charge on any atom is 0.329 e. The van der Waals surface area contributed by atoms with E-state index in [2.05, 4.69) is 4.98 Å². The number of H-pyrrole nitrogens is 1. The predicted octanol–water partition coefficient (Wildman–Crippen LogP) is 1.66. The van der Waals surface area contributed by atoms with Gasteiger partial charge in [-0.15, -0.1) is 11.8 Å². The molecule has 3 N–H and O–H groups in total. The van der Waals surface area contributed by atoms with Crippen LogP contribution in [-0.4, -0.2) is 33.7 Å². The number of benzene rings is 1. The van der Waals surface area contributed by atoms with Crippen molar-refractivity contribution in [1.82, 2.24) is 9.55 Å². The number of esters is 1. The normalized spacial score (nSPS) is 10.7. The van der Waals surface area contributed by atoms with Crippen LogP contribution in [-0.2, 0) is 16.1 Å². The number of aromatic nitrogens is 2. The topological polar surface area (TPSA) is 124 Å². The van der Waals surface area contributed by atoms with Crippen LogP contribution in [0.2, 0.25) is 0 Å². The number of carbonyl (C=O) groups is 2. The zero-order valence-electron chi connectivity index (χ0n) is 16.0. The molecule has 0 aliphatic rings. The van der Waals surface area contributed by atoms with E-state index in [0.29, 0.717) is 6.42 Å². The summed E-state index contributed by atoms with van der Waals surface area (Å²) < 4.78 is 6.10. The number of hydrogen-bond acceptors (Lipinski definition) is 7. The number of thioether (sulfide) groups is 1. The average molecular weight is 405 g/mol. The SMILES string of the molecule is CCCn1c(N)c(C(=O)COC(=O)CSc2cc(C)ccc2C)c(=O)[nH]c1=O. The van der Waals surface area contributed by atoms with Gasteiger partial charge in [-0.3, -0.25) is 23.9 Å². The Hall–Kier alpha value is -2.81. The van der Waals surface area contributed by atoms with Gasteiger partial charge in [0, 0.05) is 11.4 Å². The second-order valence-corrected chi connectivity index (χ2v) is 7.33. The first kappa shape index (κ1) is 21.5. The highest BCUT2D eigenvalue weighted by atomic mass is 32.2. The van der Waals surface area contributed by atoms with Gasteiger partial charge in [-0.2, -0.15) is 0 Å². The molecule has 9 heteroatoms. The van der Waals surface area contributed by atoms with E-state index in [0.717, 1.165) is 20.6 Å². The van der Waals surface area contributed by atoms with E-state index in [9.17, 15) is 19.2 Å². The summed E-state index contributed by atoms with van der Waals surface area (Å²) in [5.41, 5.74) is 6.00. The Morgan fingerprint density at radius 3 is 2.64 bits per heavy atom. The molecule has 0 amide bonds. The molecule has 0 unspecified atom stereocenters. The molecule has 28 heavy (non-hydrogen) atoms. The van der Waals surface area contributed by atoms with Gasteiger partial charge >= 0.3 is 11.7 Å². The van der Waals surface area contributed by atoms with Gasteiger partial charge in [0.15, 0.2) is 6.61 Å². The number of hydrogen-bond donors (Lipinski definition) is 2. The number of ketones is 1. The molecular weight excluding hydrogens is 382 g/mol. The highest BCUT2D eigenvalue weighted by molar-refractivity contribution is 8.00. The molecule has 2 rings (SSSR count). The largest absolute Gasteiger partial charge is 0.457 e. The van der Waals surface area contributed by atoms with Crippen LogP contribution in [0.4, 0.5) is 5.82 Å². The van der Waals surface area contributed by atoms with E-state index in [1.54, 1.807) is 0 Å². The molecular formula is C19H23N3O5S. The zero-order chi connectivity index (χ0) is 20.8. The molecule has 0 fully saturated rings. The minimum Gasteiger partial charge on any atom is -0.457 e. The van der Waals surface area contributed by atoms with Crippen LogP contribution < -0.4 is 17.0 Å². The predicted molar refractivity (Wildman–Crippen MR) is 108 cm³/mol. The Labute approximate surface area is 166 Å². The van der Waals surface area contributed by atoms with Crippen LogP contribution >= 0.6 is 11.8 Å². The Morgan fingerprint density at radius 1 is 1.25 bits per heavy atom. The second-order valence-electron chi connectivity index (χ2n) is 6.31. The maximum atomic E-state index is 12.3. The molecule has 0 aliphatic heterocycles. The first-order chi connectivity index (χ1) is 13.2. The molecule has 1 aromatic carbocycles. The van der Waals surface area contributed by atoms with Crippen molar-refractivity contribution in [3.8, 4) is 0 Å². The number of aryl methyl sites for hydroxylation is 2. The van der Waals surface area contributed by atoms with E-state index in [-0.39, 0.29) is 23.7 Å². The molecule has 2 aromatic rings. The number of anilines is 1. The fourth-order valence-corrected chi connectivity index (χ4v) is 3.48. The van der Waals surface area contributed by atoms with E-state index in [1.165, 1.54) is 11.8 Å². The monoisotopic (exact) mass is 405 g/mol. The lowest BCUT2D eigenvalue weighted by molar-refractivity contribution is -0.139. The first-order valence-corrected chi connectivity index (χ1v) is 9.74. The fourth-order valence-electron chi connectivity index (χ4n) is 2.56. The summed E-state index contributed by atoms with van der Waals surface area (Å²) in [5, 5.41) is 0. The molecule has 1 aromatic heterocycles. The molecule has 0 bridgehead atoms. The quantitative estimate of drug-likeness (QED) is 0.389. The minimum absolute atomic E-state index is 0.0265. The van der Waals surface area contributed by atoms with Crippen molar-refractivity contribution < 1.29 is 14.3 Å². The van der Waals surface area contributed by atoms with Crippen molar-refractivity contribution in [1.29, 1.82) is 0 Å². The number of rotatable bonds is 8. The van der Waals surface area contributed by atoms with Crippen molar-refractivity contribution in [2.45, 2.75) is 38.6 Å². The molecule has 0 radical (unpaired) electrons. The number of Topliss-reactive ketones (excluding diaryl/α,β-unsaturated/α-hetero) is 1. The lowest BCUT2D eigenvalue weighted by Gasteiger charge is -2.11. The standard InChI is InChI=1S/C19H23N3O5S/c1-4-7-22-17(20)16(18(25)21-19(22)26)13(23)9-27-15(24)10-28-14-8-11(2)5-6-12(14)3/h5-6,8H,4,7,9-10,20H2,1-3H3,(H,21,25,26).